The Bertz CT molecular complexity index is 933. The summed E-state index contributed by atoms with van der Waals surface area (Å²) in [5.74, 6) is 0.980. The van der Waals surface area contributed by atoms with Crippen LogP contribution in [0.2, 0.25) is 5.02 Å². The highest BCUT2D eigenvalue weighted by Crippen LogP contribution is 2.25. The minimum absolute atomic E-state index is 0.0863. The van der Waals surface area contributed by atoms with Crippen molar-refractivity contribution in [2.45, 2.75) is 19.5 Å². The fraction of sp³-hybridized carbons (Fsp3) is 0.286. The molecule has 3 aromatic rings. The SMILES string of the molecule is OCCn1c(CN2CC=C(c3ccccc3)CC2)nc2ccc(Cl)cc21. The van der Waals surface area contributed by atoms with Gasteiger partial charge in [-0.25, -0.2) is 4.98 Å². The molecule has 0 radical (unpaired) electrons. The highest BCUT2D eigenvalue weighted by molar-refractivity contribution is 6.31. The van der Waals surface area contributed by atoms with Crippen molar-refractivity contribution >= 4 is 28.2 Å². The van der Waals surface area contributed by atoms with Gasteiger partial charge in [0.2, 0.25) is 0 Å². The minimum Gasteiger partial charge on any atom is -0.395 e. The molecule has 0 spiro atoms. The second-order valence-electron chi connectivity index (χ2n) is 6.62. The van der Waals surface area contributed by atoms with Crippen LogP contribution in [0.3, 0.4) is 0 Å². The summed E-state index contributed by atoms with van der Waals surface area (Å²) in [5, 5.41) is 10.1. The summed E-state index contributed by atoms with van der Waals surface area (Å²) in [7, 11) is 0. The summed E-state index contributed by atoms with van der Waals surface area (Å²) in [6, 6.07) is 16.3. The van der Waals surface area contributed by atoms with Gasteiger partial charge in [0, 0.05) is 24.7 Å². The van der Waals surface area contributed by atoms with Crippen molar-refractivity contribution < 1.29 is 5.11 Å². The number of aliphatic hydroxyl groups excluding tert-OH is 1. The molecule has 1 aliphatic heterocycles. The van der Waals surface area contributed by atoms with Gasteiger partial charge in [0.1, 0.15) is 5.82 Å². The van der Waals surface area contributed by atoms with Crippen molar-refractivity contribution in [2.24, 2.45) is 0 Å². The number of halogens is 1. The first-order valence-corrected chi connectivity index (χ1v) is 9.35. The van der Waals surface area contributed by atoms with Crippen LogP contribution < -0.4 is 0 Å². The van der Waals surface area contributed by atoms with Crippen LogP contribution in [0, 0.1) is 0 Å². The topological polar surface area (TPSA) is 41.3 Å². The highest BCUT2D eigenvalue weighted by Gasteiger charge is 2.17. The van der Waals surface area contributed by atoms with Gasteiger partial charge in [-0.1, -0.05) is 48.0 Å². The van der Waals surface area contributed by atoms with Crippen LogP contribution in [0.4, 0.5) is 0 Å². The van der Waals surface area contributed by atoms with Crippen LogP contribution in [0.25, 0.3) is 16.6 Å². The zero-order valence-electron chi connectivity index (χ0n) is 14.6. The molecule has 0 unspecified atom stereocenters. The quantitative estimate of drug-likeness (QED) is 0.741. The van der Waals surface area contributed by atoms with Gasteiger partial charge in [-0.15, -0.1) is 0 Å². The van der Waals surface area contributed by atoms with E-state index in [4.69, 9.17) is 16.6 Å². The lowest BCUT2D eigenvalue weighted by molar-refractivity contribution is 0.260. The standard InChI is InChI=1S/C21H22ClN3O/c22-18-6-7-19-20(14-18)25(12-13-26)21(23-19)15-24-10-8-17(9-11-24)16-4-2-1-3-5-16/h1-8,14,26H,9-13,15H2. The van der Waals surface area contributed by atoms with Crippen LogP contribution >= 0.6 is 11.6 Å². The molecule has 4 rings (SSSR count). The number of hydrogen-bond donors (Lipinski definition) is 1. The van der Waals surface area contributed by atoms with Crippen LogP contribution in [0.15, 0.2) is 54.6 Å². The molecule has 1 aromatic heterocycles. The molecule has 0 saturated heterocycles. The van der Waals surface area contributed by atoms with Gasteiger partial charge >= 0.3 is 0 Å². The smallest absolute Gasteiger partial charge is 0.124 e. The normalized spacial score (nSPS) is 15.4. The van der Waals surface area contributed by atoms with E-state index in [1.807, 2.05) is 18.2 Å². The Labute approximate surface area is 158 Å². The largest absolute Gasteiger partial charge is 0.395 e. The van der Waals surface area contributed by atoms with E-state index >= 15 is 0 Å². The van der Waals surface area contributed by atoms with Gasteiger partial charge in [-0.2, -0.15) is 0 Å². The molecule has 5 heteroatoms. The van der Waals surface area contributed by atoms with E-state index in [2.05, 4.69) is 45.9 Å². The first-order valence-electron chi connectivity index (χ1n) is 8.97. The average molecular weight is 368 g/mol. The number of benzene rings is 2. The molecule has 0 atom stereocenters. The number of aliphatic hydroxyl groups is 1. The summed E-state index contributed by atoms with van der Waals surface area (Å²) < 4.78 is 2.08. The fourth-order valence-electron chi connectivity index (χ4n) is 3.59. The summed E-state index contributed by atoms with van der Waals surface area (Å²) in [6.07, 6.45) is 3.35. The van der Waals surface area contributed by atoms with Crippen LogP contribution in [-0.4, -0.2) is 39.3 Å². The summed E-state index contributed by atoms with van der Waals surface area (Å²) in [5.41, 5.74) is 4.64. The molecule has 0 fully saturated rings. The van der Waals surface area contributed by atoms with Crippen molar-refractivity contribution in [2.75, 3.05) is 19.7 Å². The molecule has 0 bridgehead atoms. The zero-order chi connectivity index (χ0) is 17.9. The predicted octanol–water partition coefficient (Wildman–Crippen LogP) is 3.97. The van der Waals surface area contributed by atoms with Crippen molar-refractivity contribution in [1.29, 1.82) is 0 Å². The number of nitrogens with zero attached hydrogens (tertiary/aromatic N) is 3. The van der Waals surface area contributed by atoms with Gasteiger partial charge in [-0.05, 0) is 35.8 Å². The Morgan fingerprint density at radius 3 is 2.69 bits per heavy atom. The maximum atomic E-state index is 9.45. The van der Waals surface area contributed by atoms with Crippen molar-refractivity contribution in [3.63, 3.8) is 0 Å². The van der Waals surface area contributed by atoms with Gasteiger partial charge in [0.05, 0.1) is 24.2 Å². The number of fused-ring (bicyclic) bond motifs is 1. The highest BCUT2D eigenvalue weighted by atomic mass is 35.5. The third-order valence-electron chi connectivity index (χ3n) is 4.92. The van der Waals surface area contributed by atoms with E-state index in [1.54, 1.807) is 0 Å². The van der Waals surface area contributed by atoms with Crippen molar-refractivity contribution in [3.8, 4) is 0 Å². The van der Waals surface area contributed by atoms with E-state index in [1.165, 1.54) is 11.1 Å². The Balaban J connectivity index is 1.55. The molecular formula is C21H22ClN3O. The third-order valence-corrected chi connectivity index (χ3v) is 5.15. The number of imidazole rings is 1. The number of hydrogen-bond acceptors (Lipinski definition) is 3. The first-order chi connectivity index (χ1) is 12.7. The Hall–Kier alpha value is -2.14. The van der Waals surface area contributed by atoms with E-state index in [0.29, 0.717) is 11.6 Å². The van der Waals surface area contributed by atoms with E-state index in [0.717, 1.165) is 42.9 Å². The molecule has 2 heterocycles. The third kappa shape index (κ3) is 3.54. The van der Waals surface area contributed by atoms with Gasteiger partial charge in [0.25, 0.3) is 0 Å². The van der Waals surface area contributed by atoms with Crippen LogP contribution in [0.5, 0.6) is 0 Å². The van der Waals surface area contributed by atoms with Crippen LogP contribution in [0.1, 0.15) is 17.8 Å². The fourth-order valence-corrected chi connectivity index (χ4v) is 3.75. The predicted molar refractivity (Wildman–Crippen MR) is 106 cm³/mol. The van der Waals surface area contributed by atoms with Crippen molar-refractivity contribution in [3.05, 3.63) is 71.0 Å². The van der Waals surface area contributed by atoms with E-state index < -0.39 is 0 Å². The lowest BCUT2D eigenvalue weighted by Crippen LogP contribution is -2.29. The molecule has 0 aliphatic carbocycles. The lowest BCUT2D eigenvalue weighted by atomic mass is 10.00. The molecule has 2 aromatic carbocycles. The summed E-state index contributed by atoms with van der Waals surface area (Å²) in [6.45, 7) is 3.30. The zero-order valence-corrected chi connectivity index (χ0v) is 15.4. The maximum Gasteiger partial charge on any atom is 0.124 e. The van der Waals surface area contributed by atoms with E-state index in [-0.39, 0.29) is 6.61 Å². The molecule has 0 amide bonds. The molecule has 134 valence electrons. The summed E-state index contributed by atoms with van der Waals surface area (Å²) in [4.78, 5) is 7.17. The van der Waals surface area contributed by atoms with Gasteiger partial charge in [-0.3, -0.25) is 4.90 Å². The van der Waals surface area contributed by atoms with Crippen molar-refractivity contribution in [1.82, 2.24) is 14.5 Å². The van der Waals surface area contributed by atoms with Gasteiger partial charge in [0.15, 0.2) is 0 Å². The van der Waals surface area contributed by atoms with Crippen LogP contribution in [-0.2, 0) is 13.1 Å². The maximum absolute atomic E-state index is 9.45. The molecule has 1 N–H and O–H groups in total. The minimum atomic E-state index is 0.0863. The summed E-state index contributed by atoms with van der Waals surface area (Å²) >= 11 is 6.14. The second-order valence-corrected chi connectivity index (χ2v) is 7.05. The Morgan fingerprint density at radius 2 is 1.96 bits per heavy atom. The number of rotatable bonds is 5. The van der Waals surface area contributed by atoms with Gasteiger partial charge < -0.3 is 9.67 Å². The Kier molecular flexibility index (Phi) is 5.07. The molecule has 26 heavy (non-hydrogen) atoms. The molecule has 4 nitrogen and oxygen atoms in total. The second kappa shape index (κ2) is 7.62. The Morgan fingerprint density at radius 1 is 1.12 bits per heavy atom. The molecule has 1 aliphatic rings. The average Bonchev–Trinajstić information content (AvgIpc) is 3.00. The van der Waals surface area contributed by atoms with E-state index in [9.17, 15) is 5.11 Å². The lowest BCUT2D eigenvalue weighted by Gasteiger charge is -2.26. The molecule has 0 saturated carbocycles. The first kappa shape index (κ1) is 17.3. The monoisotopic (exact) mass is 367 g/mol. The number of aromatic nitrogens is 2. The molecular weight excluding hydrogens is 346 g/mol.